The number of hydrogen-bond acceptors (Lipinski definition) is 4. The fourth-order valence-electron chi connectivity index (χ4n) is 2.50. The van der Waals surface area contributed by atoms with E-state index in [2.05, 4.69) is 0 Å². The summed E-state index contributed by atoms with van der Waals surface area (Å²) in [6, 6.07) is 13.2. The van der Waals surface area contributed by atoms with Crippen molar-refractivity contribution in [2.24, 2.45) is 0 Å². The predicted octanol–water partition coefficient (Wildman–Crippen LogP) is 3.95. The van der Waals surface area contributed by atoms with E-state index < -0.39 is 6.10 Å². The lowest BCUT2D eigenvalue weighted by molar-refractivity contribution is 0.0466. The molecule has 2 atom stereocenters. The fourth-order valence-corrected chi connectivity index (χ4v) is 2.50. The van der Waals surface area contributed by atoms with Gasteiger partial charge >= 0.3 is 0 Å². The van der Waals surface area contributed by atoms with Gasteiger partial charge in [-0.15, -0.1) is 0 Å². The van der Waals surface area contributed by atoms with Crippen molar-refractivity contribution >= 4 is 6.08 Å². The first-order chi connectivity index (χ1) is 11.2. The lowest BCUT2D eigenvalue weighted by Gasteiger charge is -2.21. The third kappa shape index (κ3) is 3.48. The summed E-state index contributed by atoms with van der Waals surface area (Å²) >= 11 is 0. The molecule has 0 bridgehead atoms. The van der Waals surface area contributed by atoms with Crippen molar-refractivity contribution in [2.45, 2.75) is 26.1 Å². The summed E-state index contributed by atoms with van der Waals surface area (Å²) in [5, 5.41) is 10.5. The van der Waals surface area contributed by atoms with Crippen LogP contribution in [-0.2, 0) is 0 Å². The average molecular weight is 312 g/mol. The SMILES string of the molecule is CC=Cc1ccc(OC(C)C(O)c2ccc3c(c2)OCO3)cc1. The van der Waals surface area contributed by atoms with Crippen LogP contribution in [-0.4, -0.2) is 18.0 Å². The monoisotopic (exact) mass is 312 g/mol. The Bertz CT molecular complexity index is 691. The second-order valence-electron chi connectivity index (χ2n) is 5.45. The van der Waals surface area contributed by atoms with Crippen molar-refractivity contribution in [3.05, 3.63) is 59.7 Å². The summed E-state index contributed by atoms with van der Waals surface area (Å²) in [6.45, 7) is 4.04. The van der Waals surface area contributed by atoms with E-state index in [0.717, 1.165) is 16.9 Å². The Hall–Kier alpha value is -2.46. The summed E-state index contributed by atoms with van der Waals surface area (Å²) in [4.78, 5) is 0. The molecule has 1 N–H and O–H groups in total. The second-order valence-corrected chi connectivity index (χ2v) is 5.45. The number of benzene rings is 2. The molecule has 0 aliphatic carbocycles. The molecule has 2 unspecified atom stereocenters. The molecule has 2 aromatic rings. The number of ether oxygens (including phenoxy) is 3. The van der Waals surface area contributed by atoms with Gasteiger partial charge in [0.1, 0.15) is 18.0 Å². The summed E-state index contributed by atoms with van der Waals surface area (Å²) in [5.74, 6) is 2.09. The largest absolute Gasteiger partial charge is 0.488 e. The average Bonchev–Trinajstić information content (AvgIpc) is 3.03. The highest BCUT2D eigenvalue weighted by Gasteiger charge is 2.21. The number of aliphatic hydroxyl groups excluding tert-OH is 1. The van der Waals surface area contributed by atoms with Crippen LogP contribution in [0.25, 0.3) is 6.08 Å². The molecule has 0 saturated carbocycles. The maximum absolute atomic E-state index is 10.5. The van der Waals surface area contributed by atoms with E-state index in [4.69, 9.17) is 14.2 Å². The molecule has 23 heavy (non-hydrogen) atoms. The number of fused-ring (bicyclic) bond motifs is 1. The number of allylic oxidation sites excluding steroid dienone is 1. The van der Waals surface area contributed by atoms with Crippen molar-refractivity contribution in [3.8, 4) is 17.2 Å². The van der Waals surface area contributed by atoms with Gasteiger partial charge in [0.25, 0.3) is 0 Å². The molecule has 120 valence electrons. The Balaban J connectivity index is 1.68. The molecular weight excluding hydrogens is 292 g/mol. The van der Waals surface area contributed by atoms with Crippen LogP contribution in [0.1, 0.15) is 31.1 Å². The van der Waals surface area contributed by atoms with Gasteiger partial charge in [-0.05, 0) is 49.2 Å². The normalized spacial score (nSPS) is 15.6. The standard InChI is InChI=1S/C19H20O4/c1-3-4-14-5-8-16(9-6-14)23-13(2)19(20)15-7-10-17-18(11-15)22-12-21-17/h3-11,13,19-20H,12H2,1-2H3. The van der Waals surface area contributed by atoms with Crippen LogP contribution < -0.4 is 14.2 Å². The first-order valence-corrected chi connectivity index (χ1v) is 7.64. The highest BCUT2D eigenvalue weighted by molar-refractivity contribution is 5.50. The zero-order valence-corrected chi connectivity index (χ0v) is 13.2. The van der Waals surface area contributed by atoms with Crippen LogP contribution in [0.15, 0.2) is 48.5 Å². The zero-order chi connectivity index (χ0) is 16.2. The predicted molar refractivity (Wildman–Crippen MR) is 88.8 cm³/mol. The van der Waals surface area contributed by atoms with E-state index in [1.807, 2.05) is 56.3 Å². The van der Waals surface area contributed by atoms with E-state index in [1.165, 1.54) is 0 Å². The lowest BCUT2D eigenvalue weighted by Crippen LogP contribution is -2.21. The van der Waals surface area contributed by atoms with E-state index >= 15 is 0 Å². The minimum atomic E-state index is -0.750. The molecule has 1 heterocycles. The highest BCUT2D eigenvalue weighted by Crippen LogP contribution is 2.35. The van der Waals surface area contributed by atoms with Gasteiger partial charge in [0.2, 0.25) is 6.79 Å². The first-order valence-electron chi connectivity index (χ1n) is 7.64. The minimum absolute atomic E-state index is 0.222. The molecular formula is C19H20O4. The van der Waals surface area contributed by atoms with Crippen LogP contribution in [0.5, 0.6) is 17.2 Å². The maximum Gasteiger partial charge on any atom is 0.231 e. The summed E-state index contributed by atoms with van der Waals surface area (Å²) in [7, 11) is 0. The Morgan fingerprint density at radius 3 is 2.57 bits per heavy atom. The maximum atomic E-state index is 10.5. The van der Waals surface area contributed by atoms with Gasteiger partial charge < -0.3 is 19.3 Å². The Morgan fingerprint density at radius 2 is 1.83 bits per heavy atom. The fraction of sp³-hybridized carbons (Fsp3) is 0.263. The summed E-state index contributed by atoms with van der Waals surface area (Å²) in [5.41, 5.74) is 1.86. The van der Waals surface area contributed by atoms with Crippen LogP contribution in [0.4, 0.5) is 0 Å². The molecule has 0 amide bonds. The van der Waals surface area contributed by atoms with Crippen LogP contribution in [0, 0.1) is 0 Å². The number of hydrogen-bond donors (Lipinski definition) is 1. The molecule has 1 aliphatic rings. The van der Waals surface area contributed by atoms with Crippen molar-refractivity contribution in [1.29, 1.82) is 0 Å². The Kier molecular flexibility index (Phi) is 4.53. The van der Waals surface area contributed by atoms with Crippen LogP contribution in [0.2, 0.25) is 0 Å². The first kappa shape index (κ1) is 15.4. The smallest absolute Gasteiger partial charge is 0.231 e. The Labute approximate surface area is 135 Å². The molecule has 0 radical (unpaired) electrons. The van der Waals surface area contributed by atoms with E-state index in [-0.39, 0.29) is 12.9 Å². The molecule has 4 nitrogen and oxygen atoms in total. The van der Waals surface area contributed by atoms with E-state index in [9.17, 15) is 5.11 Å². The number of rotatable bonds is 5. The molecule has 0 saturated heterocycles. The highest BCUT2D eigenvalue weighted by atomic mass is 16.7. The topological polar surface area (TPSA) is 47.9 Å². The van der Waals surface area contributed by atoms with Crippen molar-refractivity contribution < 1.29 is 19.3 Å². The van der Waals surface area contributed by atoms with E-state index in [0.29, 0.717) is 11.5 Å². The van der Waals surface area contributed by atoms with Crippen molar-refractivity contribution in [2.75, 3.05) is 6.79 Å². The third-order valence-corrected chi connectivity index (χ3v) is 3.74. The van der Waals surface area contributed by atoms with Crippen LogP contribution in [0.3, 0.4) is 0 Å². The molecule has 2 aromatic carbocycles. The van der Waals surface area contributed by atoms with Gasteiger partial charge in [-0.25, -0.2) is 0 Å². The van der Waals surface area contributed by atoms with Gasteiger partial charge in [-0.1, -0.05) is 30.4 Å². The minimum Gasteiger partial charge on any atom is -0.488 e. The Morgan fingerprint density at radius 1 is 1.09 bits per heavy atom. The molecule has 0 fully saturated rings. The van der Waals surface area contributed by atoms with Gasteiger partial charge in [0.15, 0.2) is 11.5 Å². The van der Waals surface area contributed by atoms with Crippen molar-refractivity contribution in [3.63, 3.8) is 0 Å². The molecule has 4 heteroatoms. The van der Waals surface area contributed by atoms with Gasteiger partial charge in [-0.3, -0.25) is 0 Å². The zero-order valence-electron chi connectivity index (χ0n) is 13.2. The lowest BCUT2D eigenvalue weighted by atomic mass is 10.0. The molecule has 0 aromatic heterocycles. The molecule has 1 aliphatic heterocycles. The summed E-state index contributed by atoms with van der Waals surface area (Å²) in [6.07, 6.45) is 2.87. The quantitative estimate of drug-likeness (QED) is 0.908. The van der Waals surface area contributed by atoms with Gasteiger partial charge in [-0.2, -0.15) is 0 Å². The van der Waals surface area contributed by atoms with Crippen LogP contribution >= 0.6 is 0 Å². The van der Waals surface area contributed by atoms with Gasteiger partial charge in [0, 0.05) is 0 Å². The molecule has 0 spiro atoms. The van der Waals surface area contributed by atoms with Gasteiger partial charge in [0.05, 0.1) is 0 Å². The van der Waals surface area contributed by atoms with Crippen molar-refractivity contribution in [1.82, 2.24) is 0 Å². The summed E-state index contributed by atoms with van der Waals surface area (Å²) < 4.78 is 16.5. The number of aliphatic hydroxyl groups is 1. The van der Waals surface area contributed by atoms with E-state index in [1.54, 1.807) is 12.1 Å². The molecule has 3 rings (SSSR count). The third-order valence-electron chi connectivity index (χ3n) is 3.74. The second kappa shape index (κ2) is 6.75.